The van der Waals surface area contributed by atoms with Gasteiger partial charge in [-0.2, -0.15) is 0 Å². The summed E-state index contributed by atoms with van der Waals surface area (Å²) in [5, 5.41) is 18.8. The zero-order valence-electron chi connectivity index (χ0n) is 31.0. The lowest BCUT2D eigenvalue weighted by Gasteiger charge is -2.30. The number of aliphatic hydroxyl groups is 1. The van der Waals surface area contributed by atoms with E-state index in [0.29, 0.717) is 38.0 Å². The molecule has 0 heterocycles. The maximum Gasteiger partial charge on any atom is 0.407 e. The highest BCUT2D eigenvalue weighted by molar-refractivity contribution is 5.86. The first kappa shape index (κ1) is 39.8. The predicted molar refractivity (Wildman–Crippen MR) is 205 cm³/mol. The van der Waals surface area contributed by atoms with Crippen LogP contribution in [0.4, 0.5) is 4.79 Å². The normalized spacial score (nSPS) is 18.1. The number of amides is 3. The summed E-state index contributed by atoms with van der Waals surface area (Å²) >= 11 is 0. The van der Waals surface area contributed by atoms with Gasteiger partial charge in [-0.15, -0.1) is 13.2 Å². The molecule has 0 saturated heterocycles. The van der Waals surface area contributed by atoms with Crippen LogP contribution in [0.25, 0.3) is 11.1 Å². The number of carbonyl (C=O) groups is 4. The Bertz CT molecular complexity index is 1530. The maximum atomic E-state index is 13.7. The Kier molecular flexibility index (Phi) is 14.7. The van der Waals surface area contributed by atoms with E-state index in [1.165, 1.54) is 6.42 Å². The third-order valence-electron chi connectivity index (χ3n) is 11.2. The first-order valence-electron chi connectivity index (χ1n) is 19.5. The average molecular weight is 728 g/mol. The number of benzene rings is 2. The van der Waals surface area contributed by atoms with E-state index in [9.17, 15) is 24.3 Å². The first-order valence-corrected chi connectivity index (χ1v) is 19.5. The van der Waals surface area contributed by atoms with Crippen molar-refractivity contribution in [2.45, 2.75) is 113 Å². The van der Waals surface area contributed by atoms with E-state index in [-0.39, 0.29) is 50.4 Å². The first-order chi connectivity index (χ1) is 25.8. The molecule has 0 spiro atoms. The molecule has 53 heavy (non-hydrogen) atoms. The Morgan fingerprint density at radius 3 is 2.15 bits per heavy atom. The van der Waals surface area contributed by atoms with Crippen molar-refractivity contribution >= 4 is 23.9 Å². The minimum absolute atomic E-state index is 0.0385. The lowest BCUT2D eigenvalue weighted by Crippen LogP contribution is -2.50. The number of aliphatic hydroxyl groups excluding tert-OH is 1. The molecule has 286 valence electrons. The van der Waals surface area contributed by atoms with Crippen LogP contribution >= 0.6 is 0 Å². The van der Waals surface area contributed by atoms with Crippen molar-refractivity contribution in [1.82, 2.24) is 16.0 Å². The summed E-state index contributed by atoms with van der Waals surface area (Å²) in [5.41, 5.74) is 3.80. The van der Waals surface area contributed by atoms with Crippen LogP contribution in [0.1, 0.15) is 107 Å². The number of alkyl carbamates (subject to hydrolysis) is 1. The zero-order valence-corrected chi connectivity index (χ0v) is 31.0. The van der Waals surface area contributed by atoms with Crippen molar-refractivity contribution in [2.75, 3.05) is 19.8 Å². The van der Waals surface area contributed by atoms with Crippen molar-refractivity contribution in [3.63, 3.8) is 0 Å². The van der Waals surface area contributed by atoms with E-state index in [2.05, 4.69) is 41.2 Å². The summed E-state index contributed by atoms with van der Waals surface area (Å²) in [7, 11) is 0. The van der Waals surface area contributed by atoms with Gasteiger partial charge in [-0.25, -0.2) is 9.59 Å². The van der Waals surface area contributed by atoms with Crippen molar-refractivity contribution in [1.29, 1.82) is 0 Å². The zero-order chi connectivity index (χ0) is 37.6. The van der Waals surface area contributed by atoms with E-state index in [0.717, 1.165) is 60.8 Å². The van der Waals surface area contributed by atoms with E-state index < -0.39 is 35.6 Å². The molecule has 0 bridgehead atoms. The van der Waals surface area contributed by atoms with Crippen LogP contribution in [-0.2, 0) is 23.9 Å². The van der Waals surface area contributed by atoms with Crippen LogP contribution in [-0.4, -0.2) is 66.4 Å². The van der Waals surface area contributed by atoms with Gasteiger partial charge in [0, 0.05) is 12.3 Å². The summed E-state index contributed by atoms with van der Waals surface area (Å²) in [5.74, 6) is -1.61. The molecule has 0 aromatic heterocycles. The van der Waals surface area contributed by atoms with Crippen molar-refractivity contribution in [3.8, 4) is 11.1 Å². The van der Waals surface area contributed by atoms with Gasteiger partial charge in [0.2, 0.25) is 11.8 Å². The molecule has 10 heteroatoms. The number of esters is 1. The molecule has 3 aliphatic carbocycles. The molecule has 3 aliphatic rings. The summed E-state index contributed by atoms with van der Waals surface area (Å²) in [6.45, 7) is 7.49. The summed E-state index contributed by atoms with van der Waals surface area (Å²) in [6, 6.07) is 14.7. The van der Waals surface area contributed by atoms with Gasteiger partial charge in [0.25, 0.3) is 0 Å². The van der Waals surface area contributed by atoms with E-state index in [1.54, 1.807) is 12.2 Å². The van der Waals surface area contributed by atoms with Gasteiger partial charge in [-0.05, 0) is 66.7 Å². The molecule has 0 radical (unpaired) electrons. The van der Waals surface area contributed by atoms with Crippen LogP contribution in [0.5, 0.6) is 0 Å². The number of hydrogen-bond acceptors (Lipinski definition) is 7. The number of carbonyl (C=O) groups excluding carboxylic acids is 4. The molecule has 3 amide bonds. The SMILES string of the molecule is C=CCCC(NC(=O)OCC1c2ccccc2-c2ccccc21)C(=O)OCC(CC1CCCCC1)NC(=O)C(CC=C)CC(=O)NC1(CO)CCCC1. The largest absolute Gasteiger partial charge is 0.462 e. The van der Waals surface area contributed by atoms with Gasteiger partial charge in [0.05, 0.1) is 24.1 Å². The number of ether oxygens (including phenoxy) is 2. The second-order valence-corrected chi connectivity index (χ2v) is 15.1. The van der Waals surface area contributed by atoms with Crippen LogP contribution in [0.15, 0.2) is 73.8 Å². The highest BCUT2D eigenvalue weighted by Crippen LogP contribution is 2.44. The quantitative estimate of drug-likeness (QED) is 0.0915. The molecule has 10 nitrogen and oxygen atoms in total. The standard InChI is InChI=1S/C43H57N3O7/c1-3-5-22-38(45-42(51)53-28-37-35-20-11-9-18-33(35)34-19-10-12-21-36(34)37)41(50)52-27-32(25-30-16-7-6-8-17-30)44-40(49)31(15-4-2)26-39(48)46-43(29-47)23-13-14-24-43/h3-4,9-12,18-21,30-32,37-38,47H,1-2,5-8,13-17,22-29H2,(H,44,49)(H,45,51)(H,46,48). The van der Waals surface area contributed by atoms with Gasteiger partial charge in [-0.3, -0.25) is 9.59 Å². The van der Waals surface area contributed by atoms with Crippen molar-refractivity contribution in [2.24, 2.45) is 11.8 Å². The van der Waals surface area contributed by atoms with Crippen LogP contribution in [0.2, 0.25) is 0 Å². The third-order valence-corrected chi connectivity index (χ3v) is 11.2. The fourth-order valence-electron chi connectivity index (χ4n) is 8.34. The molecule has 2 aromatic carbocycles. The molecular weight excluding hydrogens is 670 g/mol. The average Bonchev–Trinajstić information content (AvgIpc) is 3.77. The van der Waals surface area contributed by atoms with Crippen LogP contribution in [0, 0.1) is 11.8 Å². The number of fused-ring (bicyclic) bond motifs is 3. The highest BCUT2D eigenvalue weighted by Gasteiger charge is 2.36. The third kappa shape index (κ3) is 10.8. The Balaban J connectivity index is 1.19. The minimum atomic E-state index is -0.971. The Hall–Kier alpha value is -4.44. The predicted octanol–water partition coefficient (Wildman–Crippen LogP) is 6.86. The number of hydrogen-bond donors (Lipinski definition) is 4. The number of nitrogens with one attached hydrogen (secondary N) is 3. The topological polar surface area (TPSA) is 143 Å². The van der Waals surface area contributed by atoms with E-state index >= 15 is 0 Å². The van der Waals surface area contributed by atoms with Crippen molar-refractivity contribution in [3.05, 3.63) is 85.0 Å². The summed E-state index contributed by atoms with van der Waals surface area (Å²) in [4.78, 5) is 53.5. The highest BCUT2D eigenvalue weighted by atomic mass is 16.6. The van der Waals surface area contributed by atoms with Crippen LogP contribution < -0.4 is 16.0 Å². The van der Waals surface area contributed by atoms with Crippen LogP contribution in [0.3, 0.4) is 0 Å². The molecule has 2 aromatic rings. The minimum Gasteiger partial charge on any atom is -0.462 e. The number of rotatable bonds is 19. The molecule has 3 atom stereocenters. The Morgan fingerprint density at radius 1 is 0.868 bits per heavy atom. The fraction of sp³-hybridized carbons (Fsp3) is 0.535. The van der Waals surface area contributed by atoms with E-state index in [4.69, 9.17) is 9.47 Å². The van der Waals surface area contributed by atoms with Gasteiger partial charge >= 0.3 is 12.1 Å². The molecule has 3 unspecified atom stereocenters. The Morgan fingerprint density at radius 2 is 1.53 bits per heavy atom. The number of allylic oxidation sites excluding steroid dienone is 2. The van der Waals surface area contributed by atoms with Crippen molar-refractivity contribution < 1.29 is 33.8 Å². The molecule has 5 rings (SSSR count). The second kappa shape index (κ2) is 19.6. The van der Waals surface area contributed by atoms with Gasteiger partial charge in [-0.1, -0.05) is 106 Å². The van der Waals surface area contributed by atoms with Gasteiger partial charge < -0.3 is 30.5 Å². The summed E-state index contributed by atoms with van der Waals surface area (Å²) in [6.07, 6.45) is 13.0. The monoisotopic (exact) mass is 727 g/mol. The second-order valence-electron chi connectivity index (χ2n) is 15.1. The smallest absolute Gasteiger partial charge is 0.407 e. The van der Waals surface area contributed by atoms with Gasteiger partial charge in [0.15, 0.2) is 0 Å². The maximum absolute atomic E-state index is 13.7. The molecule has 0 aliphatic heterocycles. The molecule has 2 fully saturated rings. The Labute approximate surface area is 314 Å². The fourth-order valence-corrected chi connectivity index (χ4v) is 8.34. The summed E-state index contributed by atoms with van der Waals surface area (Å²) < 4.78 is 11.5. The van der Waals surface area contributed by atoms with E-state index in [1.807, 2.05) is 36.4 Å². The lowest BCUT2D eigenvalue weighted by molar-refractivity contribution is -0.148. The molecule has 2 saturated carbocycles. The lowest BCUT2D eigenvalue weighted by atomic mass is 9.84. The van der Waals surface area contributed by atoms with Gasteiger partial charge in [0.1, 0.15) is 19.3 Å². The molecule has 4 N–H and O–H groups in total. The molecular formula is C43H57N3O7.